The van der Waals surface area contributed by atoms with Crippen LogP contribution in [-0.2, 0) is 0 Å². The molecule has 0 bridgehead atoms. The van der Waals surface area contributed by atoms with E-state index in [4.69, 9.17) is 5.73 Å². The number of nitrogens with two attached hydrogens (primary N) is 1. The molecular formula is C6H6N4O. The number of aromatic amines is 1. The summed E-state index contributed by atoms with van der Waals surface area (Å²) in [7, 11) is 0. The van der Waals surface area contributed by atoms with Gasteiger partial charge in [-0.25, -0.2) is 4.52 Å². The molecule has 56 valence electrons. The van der Waals surface area contributed by atoms with Gasteiger partial charge in [0.15, 0.2) is 0 Å². The molecule has 11 heavy (non-hydrogen) atoms. The third kappa shape index (κ3) is 0.706. The first-order chi connectivity index (χ1) is 5.29. The molecule has 5 heteroatoms. The number of nitrogens with zero attached hydrogens (tertiary/aromatic N) is 2. The summed E-state index contributed by atoms with van der Waals surface area (Å²) in [6.07, 6.45) is 4.84. The molecule has 0 radical (unpaired) electrons. The summed E-state index contributed by atoms with van der Waals surface area (Å²) in [6, 6.07) is 0. The zero-order valence-corrected chi connectivity index (χ0v) is 5.61. The van der Waals surface area contributed by atoms with Crippen molar-refractivity contribution in [1.82, 2.24) is 14.6 Å². The van der Waals surface area contributed by atoms with Crippen molar-refractivity contribution in [1.29, 1.82) is 0 Å². The number of primary amides is 1. The number of aromatic nitrogens is 3. The maximum Gasteiger partial charge on any atom is 0.254 e. The fourth-order valence-electron chi connectivity index (χ4n) is 0.986. The number of carbonyl (C=O) groups is 1. The second kappa shape index (κ2) is 1.85. The van der Waals surface area contributed by atoms with Crippen LogP contribution in [0.3, 0.4) is 0 Å². The van der Waals surface area contributed by atoms with Crippen LogP contribution >= 0.6 is 0 Å². The van der Waals surface area contributed by atoms with Gasteiger partial charge in [-0.2, -0.15) is 5.10 Å². The van der Waals surface area contributed by atoms with Crippen LogP contribution in [-0.4, -0.2) is 20.5 Å². The highest BCUT2D eigenvalue weighted by Crippen LogP contribution is 2.05. The summed E-state index contributed by atoms with van der Waals surface area (Å²) in [5.41, 5.74) is 6.12. The largest absolute Gasteiger partial charge is 0.365 e. The summed E-state index contributed by atoms with van der Waals surface area (Å²) >= 11 is 0. The maximum absolute atomic E-state index is 10.7. The van der Waals surface area contributed by atoms with Crippen LogP contribution in [0.25, 0.3) is 5.65 Å². The van der Waals surface area contributed by atoms with Gasteiger partial charge in [0.05, 0.1) is 6.20 Å². The lowest BCUT2D eigenvalue weighted by molar-refractivity contribution is 0.100. The molecule has 0 unspecified atom stereocenters. The standard InChI is InChI=1S/C6H6N4O/c7-5(11)4-3-9-10-2-1-8-6(4)10/h1-3,8H,(H2,7,11). The number of rotatable bonds is 1. The quantitative estimate of drug-likeness (QED) is 0.588. The molecule has 2 aromatic heterocycles. The number of amides is 1. The van der Waals surface area contributed by atoms with Gasteiger partial charge >= 0.3 is 0 Å². The van der Waals surface area contributed by atoms with Gasteiger partial charge in [0.1, 0.15) is 11.2 Å². The monoisotopic (exact) mass is 150 g/mol. The van der Waals surface area contributed by atoms with Crippen molar-refractivity contribution in [2.45, 2.75) is 0 Å². The van der Waals surface area contributed by atoms with Crippen LogP contribution in [0.1, 0.15) is 10.4 Å². The normalized spacial score (nSPS) is 10.5. The topological polar surface area (TPSA) is 76.2 Å². The lowest BCUT2D eigenvalue weighted by Crippen LogP contribution is -2.10. The Morgan fingerprint density at radius 2 is 2.55 bits per heavy atom. The second-order valence-corrected chi connectivity index (χ2v) is 2.18. The molecule has 0 aliphatic carbocycles. The number of H-pyrrole nitrogens is 1. The molecule has 2 aromatic rings. The van der Waals surface area contributed by atoms with E-state index in [0.29, 0.717) is 11.2 Å². The van der Waals surface area contributed by atoms with Crippen LogP contribution in [0.15, 0.2) is 18.6 Å². The van der Waals surface area contributed by atoms with Gasteiger partial charge in [-0.15, -0.1) is 0 Å². The smallest absolute Gasteiger partial charge is 0.254 e. The molecule has 2 heterocycles. The summed E-state index contributed by atoms with van der Waals surface area (Å²) in [6.45, 7) is 0. The van der Waals surface area contributed by atoms with Gasteiger partial charge in [0, 0.05) is 12.4 Å². The molecule has 0 saturated heterocycles. The van der Waals surface area contributed by atoms with E-state index in [-0.39, 0.29) is 0 Å². The number of fused-ring (bicyclic) bond motifs is 1. The number of hydrogen-bond donors (Lipinski definition) is 2. The first-order valence-corrected chi connectivity index (χ1v) is 3.09. The molecule has 0 aliphatic heterocycles. The molecule has 5 nitrogen and oxygen atoms in total. The summed E-state index contributed by atoms with van der Waals surface area (Å²) in [5.74, 6) is -0.470. The first kappa shape index (κ1) is 5.96. The Morgan fingerprint density at radius 1 is 1.73 bits per heavy atom. The van der Waals surface area contributed by atoms with Crippen LogP contribution < -0.4 is 5.73 Å². The molecule has 0 fully saturated rings. The molecule has 0 atom stereocenters. The number of carbonyl (C=O) groups excluding carboxylic acids is 1. The van der Waals surface area contributed by atoms with E-state index in [0.717, 1.165) is 0 Å². The molecular weight excluding hydrogens is 144 g/mol. The van der Waals surface area contributed by atoms with Gasteiger partial charge in [-0.05, 0) is 0 Å². The summed E-state index contributed by atoms with van der Waals surface area (Å²) < 4.78 is 1.56. The van der Waals surface area contributed by atoms with Crippen molar-refractivity contribution in [2.24, 2.45) is 5.73 Å². The fourth-order valence-corrected chi connectivity index (χ4v) is 0.986. The van der Waals surface area contributed by atoms with E-state index in [2.05, 4.69) is 10.1 Å². The Bertz CT molecular complexity index is 399. The van der Waals surface area contributed by atoms with Crippen molar-refractivity contribution in [2.75, 3.05) is 0 Å². The van der Waals surface area contributed by atoms with Crippen LogP contribution in [0.4, 0.5) is 0 Å². The van der Waals surface area contributed by atoms with Crippen LogP contribution in [0.5, 0.6) is 0 Å². The minimum Gasteiger partial charge on any atom is -0.365 e. The zero-order chi connectivity index (χ0) is 7.84. The SMILES string of the molecule is NC(=O)c1cnn2cc[nH]c12. The Labute approximate surface area is 61.8 Å². The lowest BCUT2D eigenvalue weighted by atomic mass is 10.3. The zero-order valence-electron chi connectivity index (χ0n) is 5.61. The molecule has 0 aliphatic rings. The van der Waals surface area contributed by atoms with E-state index in [1.54, 1.807) is 16.9 Å². The third-order valence-electron chi connectivity index (χ3n) is 1.50. The molecule has 0 saturated carbocycles. The van der Waals surface area contributed by atoms with Crippen molar-refractivity contribution < 1.29 is 4.79 Å². The van der Waals surface area contributed by atoms with Gasteiger partial charge in [0.2, 0.25) is 0 Å². The van der Waals surface area contributed by atoms with E-state index in [1.807, 2.05) is 0 Å². The average molecular weight is 150 g/mol. The van der Waals surface area contributed by atoms with Gasteiger partial charge in [-0.1, -0.05) is 0 Å². The number of nitrogens with one attached hydrogen (secondary N) is 1. The third-order valence-corrected chi connectivity index (χ3v) is 1.50. The van der Waals surface area contributed by atoms with Crippen molar-refractivity contribution >= 4 is 11.6 Å². The molecule has 1 amide bonds. The average Bonchev–Trinajstić information content (AvgIpc) is 2.41. The Hall–Kier alpha value is -1.78. The first-order valence-electron chi connectivity index (χ1n) is 3.09. The van der Waals surface area contributed by atoms with E-state index in [9.17, 15) is 4.79 Å². The van der Waals surface area contributed by atoms with E-state index in [1.165, 1.54) is 6.20 Å². The van der Waals surface area contributed by atoms with Crippen molar-refractivity contribution in [3.63, 3.8) is 0 Å². The fraction of sp³-hybridized carbons (Fsp3) is 0. The highest BCUT2D eigenvalue weighted by atomic mass is 16.1. The van der Waals surface area contributed by atoms with Crippen molar-refractivity contribution in [3.05, 3.63) is 24.2 Å². The second-order valence-electron chi connectivity index (χ2n) is 2.18. The number of hydrogen-bond acceptors (Lipinski definition) is 2. The summed E-state index contributed by atoms with van der Waals surface area (Å²) in [4.78, 5) is 13.6. The highest BCUT2D eigenvalue weighted by Gasteiger charge is 2.08. The lowest BCUT2D eigenvalue weighted by Gasteiger charge is -1.84. The van der Waals surface area contributed by atoms with Crippen LogP contribution in [0.2, 0.25) is 0 Å². The Morgan fingerprint density at radius 3 is 3.27 bits per heavy atom. The highest BCUT2D eigenvalue weighted by molar-refractivity contribution is 5.98. The van der Waals surface area contributed by atoms with Gasteiger partial charge in [0.25, 0.3) is 5.91 Å². The molecule has 0 spiro atoms. The number of imidazole rings is 1. The Kier molecular flexibility index (Phi) is 1.00. The minimum atomic E-state index is -0.470. The predicted octanol–water partition coefficient (Wildman–Crippen LogP) is -0.239. The van der Waals surface area contributed by atoms with Crippen molar-refractivity contribution in [3.8, 4) is 0 Å². The molecule has 3 N–H and O–H groups in total. The van der Waals surface area contributed by atoms with Gasteiger partial charge in [-0.3, -0.25) is 4.79 Å². The Balaban J connectivity index is 2.78. The maximum atomic E-state index is 10.7. The molecule has 2 rings (SSSR count). The minimum absolute atomic E-state index is 0.412. The predicted molar refractivity (Wildman–Crippen MR) is 38.1 cm³/mol. The van der Waals surface area contributed by atoms with Gasteiger partial charge < -0.3 is 10.7 Å². The van der Waals surface area contributed by atoms with Crippen LogP contribution in [0, 0.1) is 0 Å². The van der Waals surface area contributed by atoms with E-state index >= 15 is 0 Å². The molecule has 0 aromatic carbocycles. The van der Waals surface area contributed by atoms with E-state index < -0.39 is 5.91 Å². The summed E-state index contributed by atoms with van der Waals surface area (Å²) in [5, 5.41) is 3.88.